The molecule has 0 unspecified atom stereocenters. The first-order chi connectivity index (χ1) is 9.22. The molecule has 1 aliphatic carbocycles. The lowest BCUT2D eigenvalue weighted by molar-refractivity contribution is 0.102. The van der Waals surface area contributed by atoms with Crippen LogP contribution in [-0.2, 0) is 12.8 Å². The largest absolute Gasteiger partial charge is 0.384 e. The second-order valence-corrected chi connectivity index (χ2v) is 5.58. The standard InChI is InChI=1S/C13H14N4OS.ClH/c14-11-7-3-5-9(15-11)12(18)17-13-16-8-4-1-2-6-10(8)19-13;/h3,5,7H,1-2,4,6H2,(H2,14,15)(H,16,17,18);1H. The third-order valence-electron chi connectivity index (χ3n) is 3.07. The molecule has 0 bridgehead atoms. The number of aromatic nitrogens is 2. The molecule has 1 amide bonds. The van der Waals surface area contributed by atoms with Gasteiger partial charge >= 0.3 is 0 Å². The van der Waals surface area contributed by atoms with Crippen molar-refractivity contribution in [1.29, 1.82) is 0 Å². The highest BCUT2D eigenvalue weighted by molar-refractivity contribution is 7.15. The molecule has 2 aromatic rings. The molecule has 0 aliphatic heterocycles. The van der Waals surface area contributed by atoms with E-state index >= 15 is 0 Å². The number of carbonyl (C=O) groups excluding carboxylic acids is 1. The molecular formula is C13H15ClN4OS. The van der Waals surface area contributed by atoms with Gasteiger partial charge in [0.05, 0.1) is 5.69 Å². The van der Waals surface area contributed by atoms with E-state index in [4.69, 9.17) is 5.73 Å². The number of hydrogen-bond donors (Lipinski definition) is 2. The summed E-state index contributed by atoms with van der Waals surface area (Å²) in [4.78, 5) is 21.8. The van der Waals surface area contributed by atoms with Crippen LogP contribution in [0, 0.1) is 0 Å². The van der Waals surface area contributed by atoms with Gasteiger partial charge in [-0.3, -0.25) is 10.1 Å². The molecule has 0 radical (unpaired) electrons. The Morgan fingerprint density at radius 3 is 2.80 bits per heavy atom. The average molecular weight is 311 g/mol. The Hall–Kier alpha value is -1.66. The van der Waals surface area contributed by atoms with E-state index in [9.17, 15) is 4.79 Å². The van der Waals surface area contributed by atoms with Crippen molar-refractivity contribution in [3.8, 4) is 0 Å². The number of rotatable bonds is 2. The molecular weight excluding hydrogens is 296 g/mol. The number of anilines is 2. The van der Waals surface area contributed by atoms with Crippen LogP contribution in [0.5, 0.6) is 0 Å². The molecule has 2 heterocycles. The number of halogens is 1. The van der Waals surface area contributed by atoms with Crippen molar-refractivity contribution in [3.05, 3.63) is 34.5 Å². The lowest BCUT2D eigenvalue weighted by Crippen LogP contribution is -2.14. The Morgan fingerprint density at radius 1 is 1.25 bits per heavy atom. The fourth-order valence-electron chi connectivity index (χ4n) is 2.14. The molecule has 1 aliphatic rings. The molecule has 0 saturated heterocycles. The summed E-state index contributed by atoms with van der Waals surface area (Å²) >= 11 is 1.56. The van der Waals surface area contributed by atoms with E-state index in [1.807, 2.05) is 0 Å². The monoisotopic (exact) mass is 310 g/mol. The summed E-state index contributed by atoms with van der Waals surface area (Å²) in [5.74, 6) is 0.0736. The van der Waals surface area contributed by atoms with Gasteiger partial charge < -0.3 is 5.73 Å². The number of pyridine rings is 1. The molecule has 20 heavy (non-hydrogen) atoms. The summed E-state index contributed by atoms with van der Waals surface area (Å²) in [5.41, 5.74) is 7.01. The third-order valence-corrected chi connectivity index (χ3v) is 4.14. The molecule has 0 fully saturated rings. The second kappa shape index (κ2) is 6.19. The summed E-state index contributed by atoms with van der Waals surface area (Å²) in [7, 11) is 0. The highest BCUT2D eigenvalue weighted by Gasteiger charge is 2.17. The number of nitrogens with two attached hydrogens (primary N) is 1. The fraction of sp³-hybridized carbons (Fsp3) is 0.308. The van der Waals surface area contributed by atoms with Crippen LogP contribution in [0.15, 0.2) is 18.2 Å². The third kappa shape index (κ3) is 3.08. The van der Waals surface area contributed by atoms with Crippen molar-refractivity contribution >= 4 is 40.6 Å². The minimum Gasteiger partial charge on any atom is -0.384 e. The molecule has 0 atom stereocenters. The van der Waals surface area contributed by atoms with E-state index in [0.717, 1.165) is 18.5 Å². The number of nitrogens with zero attached hydrogens (tertiary/aromatic N) is 2. The van der Waals surface area contributed by atoms with E-state index in [1.165, 1.54) is 17.7 Å². The maximum atomic E-state index is 12.0. The average Bonchev–Trinajstić information content (AvgIpc) is 2.80. The summed E-state index contributed by atoms with van der Waals surface area (Å²) in [6.07, 6.45) is 4.47. The molecule has 2 aromatic heterocycles. The van der Waals surface area contributed by atoms with Crippen LogP contribution >= 0.6 is 23.7 Å². The van der Waals surface area contributed by atoms with Gasteiger partial charge in [-0.25, -0.2) is 9.97 Å². The SMILES string of the molecule is Cl.Nc1cccc(C(=O)Nc2nc3c(s2)CCCC3)n1. The summed E-state index contributed by atoms with van der Waals surface area (Å²) in [5, 5.41) is 3.45. The van der Waals surface area contributed by atoms with Crippen molar-refractivity contribution in [1.82, 2.24) is 9.97 Å². The van der Waals surface area contributed by atoms with Gasteiger partial charge in [0, 0.05) is 4.88 Å². The van der Waals surface area contributed by atoms with E-state index in [1.54, 1.807) is 29.5 Å². The number of aryl methyl sites for hydroxylation is 2. The number of thiazole rings is 1. The molecule has 7 heteroatoms. The smallest absolute Gasteiger partial charge is 0.276 e. The number of amides is 1. The van der Waals surface area contributed by atoms with Gasteiger partial charge in [-0.2, -0.15) is 0 Å². The summed E-state index contributed by atoms with van der Waals surface area (Å²) < 4.78 is 0. The van der Waals surface area contributed by atoms with Crippen LogP contribution in [0.1, 0.15) is 33.9 Å². The zero-order valence-corrected chi connectivity index (χ0v) is 12.4. The van der Waals surface area contributed by atoms with Crippen LogP contribution < -0.4 is 11.1 Å². The van der Waals surface area contributed by atoms with Gasteiger partial charge in [0.25, 0.3) is 5.91 Å². The van der Waals surface area contributed by atoms with Crippen molar-refractivity contribution in [3.63, 3.8) is 0 Å². The van der Waals surface area contributed by atoms with E-state index in [0.29, 0.717) is 16.6 Å². The van der Waals surface area contributed by atoms with Gasteiger partial charge in [0.15, 0.2) is 5.13 Å². The second-order valence-electron chi connectivity index (χ2n) is 4.50. The lowest BCUT2D eigenvalue weighted by Gasteiger charge is -2.06. The van der Waals surface area contributed by atoms with Gasteiger partial charge in [-0.05, 0) is 37.8 Å². The number of nitrogen functional groups attached to an aromatic ring is 1. The first-order valence-electron chi connectivity index (χ1n) is 6.25. The minimum absolute atomic E-state index is 0. The topological polar surface area (TPSA) is 80.9 Å². The van der Waals surface area contributed by atoms with Crippen LogP contribution in [0.2, 0.25) is 0 Å². The van der Waals surface area contributed by atoms with Crippen molar-refractivity contribution < 1.29 is 4.79 Å². The molecule has 106 valence electrons. The van der Waals surface area contributed by atoms with Crippen LogP contribution in [-0.4, -0.2) is 15.9 Å². The number of nitrogens with one attached hydrogen (secondary N) is 1. The zero-order valence-electron chi connectivity index (χ0n) is 10.8. The first kappa shape index (κ1) is 14.7. The Bertz CT molecular complexity index is 605. The van der Waals surface area contributed by atoms with Crippen LogP contribution in [0.25, 0.3) is 0 Å². The Morgan fingerprint density at radius 2 is 2.05 bits per heavy atom. The molecule has 3 rings (SSSR count). The number of fused-ring (bicyclic) bond motifs is 1. The van der Waals surface area contributed by atoms with Crippen LogP contribution in [0.3, 0.4) is 0 Å². The quantitative estimate of drug-likeness (QED) is 0.893. The Balaban J connectivity index is 0.00000147. The normalized spacial score (nSPS) is 13.2. The summed E-state index contributed by atoms with van der Waals surface area (Å²) in [6.45, 7) is 0. The van der Waals surface area contributed by atoms with Crippen molar-refractivity contribution in [2.45, 2.75) is 25.7 Å². The molecule has 0 saturated carbocycles. The Kier molecular flexibility index (Phi) is 4.57. The van der Waals surface area contributed by atoms with Crippen molar-refractivity contribution in [2.75, 3.05) is 11.1 Å². The molecule has 5 nitrogen and oxygen atoms in total. The summed E-state index contributed by atoms with van der Waals surface area (Å²) in [6, 6.07) is 5.00. The van der Waals surface area contributed by atoms with E-state index in [-0.39, 0.29) is 18.3 Å². The predicted molar refractivity (Wildman–Crippen MR) is 82.6 cm³/mol. The molecule has 0 aromatic carbocycles. The van der Waals surface area contributed by atoms with Gasteiger partial charge in [-0.1, -0.05) is 6.07 Å². The van der Waals surface area contributed by atoms with Gasteiger partial charge in [0.2, 0.25) is 0 Å². The van der Waals surface area contributed by atoms with Gasteiger partial charge in [0.1, 0.15) is 11.5 Å². The molecule has 3 N–H and O–H groups in total. The zero-order chi connectivity index (χ0) is 13.2. The Labute approximate surface area is 127 Å². The van der Waals surface area contributed by atoms with Gasteiger partial charge in [-0.15, -0.1) is 23.7 Å². The maximum absolute atomic E-state index is 12.0. The fourth-order valence-corrected chi connectivity index (χ4v) is 3.19. The maximum Gasteiger partial charge on any atom is 0.276 e. The first-order valence-corrected chi connectivity index (χ1v) is 7.06. The number of carbonyl (C=O) groups is 1. The molecule has 0 spiro atoms. The predicted octanol–water partition coefficient (Wildman–Crippen LogP) is 2.67. The number of hydrogen-bond acceptors (Lipinski definition) is 5. The van der Waals surface area contributed by atoms with E-state index < -0.39 is 0 Å². The van der Waals surface area contributed by atoms with E-state index in [2.05, 4.69) is 15.3 Å². The highest BCUT2D eigenvalue weighted by atomic mass is 35.5. The lowest BCUT2D eigenvalue weighted by atomic mass is 10.0. The van der Waals surface area contributed by atoms with Crippen molar-refractivity contribution in [2.24, 2.45) is 0 Å². The minimum atomic E-state index is -0.265. The van der Waals surface area contributed by atoms with Crippen LogP contribution in [0.4, 0.5) is 10.9 Å². The highest BCUT2D eigenvalue weighted by Crippen LogP contribution is 2.29.